The number of hydrogen-bond donors (Lipinski definition) is 1. The molecule has 1 aromatic rings. The van der Waals surface area contributed by atoms with Crippen LogP contribution in [0.5, 0.6) is 0 Å². The van der Waals surface area contributed by atoms with Gasteiger partial charge in [0.1, 0.15) is 6.04 Å². The molecule has 1 nitrogen and oxygen atoms in total. The maximum absolute atomic E-state index is 13.4. The summed E-state index contributed by atoms with van der Waals surface area (Å²) in [6, 6.07) is 3.66. The predicted octanol–water partition coefficient (Wildman–Crippen LogP) is 4.44. The van der Waals surface area contributed by atoms with E-state index in [1.54, 1.807) is 12.1 Å². The van der Waals surface area contributed by atoms with E-state index in [9.17, 15) is 22.0 Å². The van der Waals surface area contributed by atoms with Gasteiger partial charge in [-0.25, -0.2) is 0 Å². The van der Waals surface area contributed by atoms with Gasteiger partial charge < -0.3 is 5.32 Å². The molecule has 0 amide bonds. The van der Waals surface area contributed by atoms with Crippen molar-refractivity contribution in [2.75, 3.05) is 7.05 Å². The molecule has 1 unspecified atom stereocenters. The fraction of sp³-hybridized carbons (Fsp3) is 0.571. The average Bonchev–Trinajstić information content (AvgIpc) is 2.27. The maximum atomic E-state index is 13.4. The first-order valence-corrected chi connectivity index (χ1v) is 6.13. The summed E-state index contributed by atoms with van der Waals surface area (Å²) >= 11 is 0. The Morgan fingerprint density at radius 3 is 1.65 bits per heavy atom. The molecule has 0 aliphatic heterocycles. The molecule has 0 saturated heterocycles. The zero-order valence-corrected chi connectivity index (χ0v) is 11.8. The topological polar surface area (TPSA) is 12.0 Å². The fourth-order valence-corrected chi connectivity index (χ4v) is 1.90. The molecule has 6 heteroatoms. The molecule has 1 aromatic carbocycles. The van der Waals surface area contributed by atoms with E-state index in [-0.39, 0.29) is 11.0 Å². The lowest BCUT2D eigenvalue weighted by Crippen LogP contribution is -2.47. The van der Waals surface area contributed by atoms with E-state index in [0.717, 1.165) is 12.6 Å². The lowest BCUT2D eigenvalue weighted by molar-refractivity contribution is -0.293. The minimum absolute atomic E-state index is 0.0946. The maximum Gasteiger partial charge on any atom is 0.455 e. The SMILES string of the molecule is CNC(c1ccc(C(C)(C)C)cc1)C(F)(F)C(F)(F)F. The highest BCUT2D eigenvalue weighted by Crippen LogP contribution is 2.44. The third kappa shape index (κ3) is 3.29. The molecule has 0 aliphatic rings. The minimum atomic E-state index is -5.59. The van der Waals surface area contributed by atoms with E-state index in [1.807, 2.05) is 20.8 Å². The van der Waals surface area contributed by atoms with Crippen LogP contribution in [0.2, 0.25) is 0 Å². The monoisotopic (exact) mass is 295 g/mol. The van der Waals surface area contributed by atoms with Gasteiger partial charge in [-0.2, -0.15) is 22.0 Å². The molecule has 0 aliphatic carbocycles. The van der Waals surface area contributed by atoms with Gasteiger partial charge in [-0.3, -0.25) is 0 Å². The summed E-state index contributed by atoms with van der Waals surface area (Å²) in [4.78, 5) is 0. The van der Waals surface area contributed by atoms with Crippen molar-refractivity contribution in [3.8, 4) is 0 Å². The molecule has 20 heavy (non-hydrogen) atoms. The van der Waals surface area contributed by atoms with E-state index in [4.69, 9.17) is 0 Å². The summed E-state index contributed by atoms with van der Waals surface area (Å²) in [6.07, 6.45) is -5.59. The van der Waals surface area contributed by atoms with E-state index < -0.39 is 18.1 Å². The Labute approximate surface area is 115 Å². The van der Waals surface area contributed by atoms with Crippen LogP contribution in [0.4, 0.5) is 22.0 Å². The summed E-state index contributed by atoms with van der Waals surface area (Å²) < 4.78 is 64.2. The highest BCUT2D eigenvalue weighted by Gasteiger charge is 2.62. The summed E-state index contributed by atoms with van der Waals surface area (Å²) in [6.45, 7) is 5.80. The normalized spacial score (nSPS) is 15.2. The van der Waals surface area contributed by atoms with E-state index in [0.29, 0.717) is 0 Å². The summed E-state index contributed by atoms with van der Waals surface area (Å²) in [5, 5.41) is 2.05. The van der Waals surface area contributed by atoms with Crippen LogP contribution in [0.25, 0.3) is 0 Å². The molecule has 1 atom stereocenters. The van der Waals surface area contributed by atoms with Crippen molar-refractivity contribution in [3.05, 3.63) is 35.4 Å². The number of rotatable bonds is 3. The molecular formula is C14H18F5N. The highest BCUT2D eigenvalue weighted by molar-refractivity contribution is 5.30. The van der Waals surface area contributed by atoms with Crippen molar-refractivity contribution in [2.24, 2.45) is 0 Å². The smallest absolute Gasteiger partial charge is 0.308 e. The first-order chi connectivity index (χ1) is 8.91. The second-order valence-corrected chi connectivity index (χ2v) is 5.71. The van der Waals surface area contributed by atoms with Gasteiger partial charge in [-0.15, -0.1) is 0 Å². The Morgan fingerprint density at radius 2 is 1.35 bits per heavy atom. The number of halogens is 5. The third-order valence-electron chi connectivity index (χ3n) is 3.14. The van der Waals surface area contributed by atoms with Gasteiger partial charge in [-0.05, 0) is 23.6 Å². The standard InChI is InChI=1S/C14H18F5N/c1-12(2,3)10-7-5-9(6-8-10)11(20-4)13(15,16)14(17,18)19/h5-8,11,20H,1-4H3. The van der Waals surface area contributed by atoms with Gasteiger partial charge in [0.25, 0.3) is 0 Å². The van der Waals surface area contributed by atoms with E-state index >= 15 is 0 Å². The Morgan fingerprint density at radius 1 is 0.900 bits per heavy atom. The molecule has 0 spiro atoms. The largest absolute Gasteiger partial charge is 0.455 e. The van der Waals surface area contributed by atoms with E-state index in [1.165, 1.54) is 12.1 Å². The highest BCUT2D eigenvalue weighted by atomic mass is 19.4. The van der Waals surface area contributed by atoms with Crippen LogP contribution in [0, 0.1) is 0 Å². The molecule has 0 bridgehead atoms. The fourth-order valence-electron chi connectivity index (χ4n) is 1.90. The molecule has 1 N–H and O–H groups in total. The first kappa shape index (κ1) is 16.9. The Bertz CT molecular complexity index is 442. The van der Waals surface area contributed by atoms with E-state index in [2.05, 4.69) is 5.32 Å². The zero-order valence-electron chi connectivity index (χ0n) is 11.8. The van der Waals surface area contributed by atoms with Crippen LogP contribution in [-0.2, 0) is 5.41 Å². The second kappa shape index (κ2) is 5.31. The number of alkyl halides is 5. The van der Waals surface area contributed by atoms with Gasteiger partial charge in [0.2, 0.25) is 0 Å². The Hall–Kier alpha value is -1.17. The van der Waals surface area contributed by atoms with Crippen molar-refractivity contribution < 1.29 is 22.0 Å². The van der Waals surface area contributed by atoms with Gasteiger partial charge in [0.15, 0.2) is 0 Å². The minimum Gasteiger partial charge on any atom is -0.308 e. The summed E-state index contributed by atoms with van der Waals surface area (Å²) in [7, 11) is 1.09. The van der Waals surface area contributed by atoms with Gasteiger partial charge in [0, 0.05) is 0 Å². The quantitative estimate of drug-likeness (QED) is 0.813. The molecule has 0 saturated carbocycles. The van der Waals surface area contributed by atoms with Gasteiger partial charge in [-0.1, -0.05) is 45.0 Å². The van der Waals surface area contributed by atoms with Crippen molar-refractivity contribution in [1.82, 2.24) is 5.32 Å². The van der Waals surface area contributed by atoms with Crippen LogP contribution in [0.15, 0.2) is 24.3 Å². The lowest BCUT2D eigenvalue weighted by Gasteiger charge is -2.29. The number of benzene rings is 1. The van der Waals surface area contributed by atoms with Crippen LogP contribution in [0.3, 0.4) is 0 Å². The van der Waals surface area contributed by atoms with Gasteiger partial charge in [0.05, 0.1) is 0 Å². The second-order valence-electron chi connectivity index (χ2n) is 5.71. The van der Waals surface area contributed by atoms with Crippen LogP contribution in [-0.4, -0.2) is 19.1 Å². The van der Waals surface area contributed by atoms with Crippen LogP contribution < -0.4 is 5.32 Å². The zero-order chi connectivity index (χ0) is 15.8. The summed E-state index contributed by atoms with van der Waals surface area (Å²) in [5.74, 6) is -4.83. The predicted molar refractivity (Wildman–Crippen MR) is 67.9 cm³/mol. The van der Waals surface area contributed by atoms with Crippen LogP contribution in [0.1, 0.15) is 37.9 Å². The molecule has 0 heterocycles. The number of nitrogens with one attached hydrogen (secondary N) is 1. The summed E-state index contributed by atoms with van der Waals surface area (Å²) in [5.41, 5.74) is 0.578. The van der Waals surface area contributed by atoms with Crippen molar-refractivity contribution >= 4 is 0 Å². The molecule has 114 valence electrons. The molecule has 0 radical (unpaired) electrons. The van der Waals surface area contributed by atoms with Gasteiger partial charge >= 0.3 is 12.1 Å². The first-order valence-electron chi connectivity index (χ1n) is 6.13. The lowest BCUT2D eigenvalue weighted by atomic mass is 9.86. The van der Waals surface area contributed by atoms with Crippen molar-refractivity contribution in [3.63, 3.8) is 0 Å². The average molecular weight is 295 g/mol. The van der Waals surface area contributed by atoms with Crippen molar-refractivity contribution in [1.29, 1.82) is 0 Å². The molecular weight excluding hydrogens is 277 g/mol. The third-order valence-corrected chi connectivity index (χ3v) is 3.14. The Kier molecular flexibility index (Phi) is 4.49. The Balaban J connectivity index is 3.15. The molecule has 1 rings (SSSR count). The molecule has 0 fully saturated rings. The molecule has 0 aromatic heterocycles. The van der Waals surface area contributed by atoms with Crippen molar-refractivity contribution in [2.45, 2.75) is 44.3 Å². The number of hydrogen-bond acceptors (Lipinski definition) is 1. The van der Waals surface area contributed by atoms with Crippen LogP contribution >= 0.6 is 0 Å².